The van der Waals surface area contributed by atoms with Crippen molar-refractivity contribution in [1.29, 1.82) is 5.41 Å². The highest BCUT2D eigenvalue weighted by atomic mass is 16.5. The zero-order valence-corrected chi connectivity index (χ0v) is 10.6. The van der Waals surface area contributed by atoms with Gasteiger partial charge in [0.05, 0.1) is 25.7 Å². The van der Waals surface area contributed by atoms with Crippen LogP contribution in [0.5, 0.6) is 0 Å². The normalized spacial score (nSPS) is 30.4. The second kappa shape index (κ2) is 4.48. The number of rotatable bonds is 2. The lowest BCUT2D eigenvalue weighted by molar-refractivity contribution is -0.0496. The van der Waals surface area contributed by atoms with E-state index in [-0.39, 0.29) is 12.7 Å². The molecule has 2 aliphatic heterocycles. The van der Waals surface area contributed by atoms with Crippen LogP contribution in [0, 0.1) is 5.41 Å². The van der Waals surface area contributed by atoms with Crippen molar-refractivity contribution in [2.75, 3.05) is 25.6 Å². The zero-order valence-electron chi connectivity index (χ0n) is 10.6. The molecule has 1 aromatic heterocycles. The molecule has 3 rings (SSSR count). The third-order valence-electron chi connectivity index (χ3n) is 3.53. The maximum absolute atomic E-state index is 10.0. The topological polar surface area (TPSA) is 107 Å². The fourth-order valence-electron chi connectivity index (χ4n) is 2.45. The van der Waals surface area contributed by atoms with E-state index < -0.39 is 12.3 Å². The minimum Gasteiger partial charge on any atom is -0.394 e. The van der Waals surface area contributed by atoms with Crippen molar-refractivity contribution < 1.29 is 14.9 Å². The summed E-state index contributed by atoms with van der Waals surface area (Å²) in [5.74, 6) is 1.00. The van der Waals surface area contributed by atoms with E-state index in [1.807, 2.05) is 0 Å². The van der Waals surface area contributed by atoms with Gasteiger partial charge in [-0.15, -0.1) is 0 Å². The lowest BCUT2D eigenvalue weighted by atomic mass is 10.2. The number of ether oxygens (including phenoxy) is 1. The molecule has 0 aromatic carbocycles. The van der Waals surface area contributed by atoms with Crippen molar-refractivity contribution in [1.82, 2.24) is 14.5 Å². The minimum atomic E-state index is -0.689. The fourth-order valence-corrected chi connectivity index (χ4v) is 2.45. The summed E-state index contributed by atoms with van der Waals surface area (Å²) in [6.45, 7) is 0.389. The molecular formula is C11H17N5O3. The van der Waals surface area contributed by atoms with E-state index in [1.54, 1.807) is 22.8 Å². The molecule has 19 heavy (non-hydrogen) atoms. The van der Waals surface area contributed by atoms with Gasteiger partial charge in [0.25, 0.3) is 0 Å². The van der Waals surface area contributed by atoms with Gasteiger partial charge in [-0.05, 0) is 0 Å². The molecule has 0 unspecified atom stereocenters. The number of hydrogen-bond acceptors (Lipinski definition) is 6. The van der Waals surface area contributed by atoms with E-state index in [0.29, 0.717) is 30.4 Å². The molecule has 1 saturated heterocycles. The van der Waals surface area contributed by atoms with Crippen LogP contribution >= 0.6 is 0 Å². The second-order valence-corrected chi connectivity index (χ2v) is 4.86. The molecule has 1 aromatic rings. The number of nitrogens with one attached hydrogen (secondary N) is 2. The predicted molar refractivity (Wildman–Crippen MR) is 66.9 cm³/mol. The van der Waals surface area contributed by atoms with Crippen LogP contribution in [-0.2, 0) is 4.74 Å². The Balaban J connectivity index is 1.91. The van der Waals surface area contributed by atoms with E-state index in [4.69, 9.17) is 15.3 Å². The quantitative estimate of drug-likeness (QED) is 0.557. The van der Waals surface area contributed by atoms with Gasteiger partial charge in [0.1, 0.15) is 17.6 Å². The average Bonchev–Trinajstić information content (AvgIpc) is 2.97. The molecule has 0 radical (unpaired) electrons. The summed E-state index contributed by atoms with van der Waals surface area (Å²) in [7, 11) is 1.81. The van der Waals surface area contributed by atoms with E-state index in [9.17, 15) is 5.11 Å². The SMILES string of the molecule is CN1CNc2c(ncn2[C@@H]2O[C@H](CO)C[C@H]2O)C1=N. The highest BCUT2D eigenvalue weighted by Crippen LogP contribution is 2.33. The molecule has 1 fully saturated rings. The molecule has 0 saturated carbocycles. The van der Waals surface area contributed by atoms with Gasteiger partial charge >= 0.3 is 0 Å². The first-order valence-electron chi connectivity index (χ1n) is 6.17. The molecule has 0 amide bonds. The minimum absolute atomic E-state index is 0.115. The number of aliphatic hydroxyl groups excluding tert-OH is 2. The van der Waals surface area contributed by atoms with Crippen molar-refractivity contribution in [3.63, 3.8) is 0 Å². The number of aliphatic hydroxyl groups is 2. The second-order valence-electron chi connectivity index (χ2n) is 4.86. The number of fused-ring (bicyclic) bond motifs is 1. The lowest BCUT2D eigenvalue weighted by Crippen LogP contribution is -2.38. The van der Waals surface area contributed by atoms with Crippen LogP contribution in [0.3, 0.4) is 0 Å². The number of aromatic nitrogens is 2. The summed E-state index contributed by atoms with van der Waals surface area (Å²) >= 11 is 0. The number of hydrogen-bond donors (Lipinski definition) is 4. The molecule has 0 spiro atoms. The van der Waals surface area contributed by atoms with E-state index in [0.717, 1.165) is 0 Å². The first-order chi connectivity index (χ1) is 9.11. The lowest BCUT2D eigenvalue weighted by Gasteiger charge is -2.28. The monoisotopic (exact) mass is 267 g/mol. The van der Waals surface area contributed by atoms with Gasteiger partial charge in [0, 0.05) is 13.5 Å². The summed E-state index contributed by atoms with van der Waals surface area (Å²) in [5.41, 5.74) is 0.539. The average molecular weight is 267 g/mol. The van der Waals surface area contributed by atoms with Crippen LogP contribution in [0.2, 0.25) is 0 Å². The summed E-state index contributed by atoms with van der Waals surface area (Å²) in [4.78, 5) is 5.94. The maximum Gasteiger partial charge on any atom is 0.163 e. The molecule has 8 heteroatoms. The molecule has 4 N–H and O–H groups in total. The summed E-state index contributed by atoms with van der Waals surface area (Å²) in [6, 6.07) is 0. The number of imidazole rings is 1. The van der Waals surface area contributed by atoms with Crippen molar-refractivity contribution in [3.8, 4) is 0 Å². The van der Waals surface area contributed by atoms with Gasteiger partial charge < -0.3 is 25.2 Å². The Morgan fingerprint density at radius 2 is 2.42 bits per heavy atom. The van der Waals surface area contributed by atoms with Crippen LogP contribution in [0.25, 0.3) is 0 Å². The van der Waals surface area contributed by atoms with E-state index in [2.05, 4.69) is 10.3 Å². The van der Waals surface area contributed by atoms with Crippen LogP contribution in [0.4, 0.5) is 5.82 Å². The molecule has 3 heterocycles. The maximum atomic E-state index is 10.0. The zero-order chi connectivity index (χ0) is 13.6. The van der Waals surface area contributed by atoms with Crippen molar-refractivity contribution in [2.24, 2.45) is 0 Å². The predicted octanol–water partition coefficient (Wildman–Crippen LogP) is -0.836. The number of anilines is 1. The number of nitrogens with zero attached hydrogens (tertiary/aromatic N) is 3. The molecule has 3 atom stereocenters. The standard InChI is InChI=1S/C11H17N5O3/c1-15-4-14-10-8(9(15)12)13-5-16(10)11-7(18)2-6(3-17)19-11/h5-7,11-12,14,17-18H,2-4H2,1H3/t6-,7+,11+/m0/s1. The fraction of sp³-hybridized carbons (Fsp3) is 0.636. The molecule has 0 bridgehead atoms. The third kappa shape index (κ3) is 1.88. The van der Waals surface area contributed by atoms with Crippen LogP contribution < -0.4 is 5.32 Å². The molecule has 2 aliphatic rings. The molecule has 104 valence electrons. The molecule has 8 nitrogen and oxygen atoms in total. The first kappa shape index (κ1) is 12.4. The van der Waals surface area contributed by atoms with Crippen LogP contribution in [-0.4, -0.2) is 63.0 Å². The Bertz CT molecular complexity index is 503. The van der Waals surface area contributed by atoms with Gasteiger partial charge in [-0.2, -0.15) is 0 Å². The Morgan fingerprint density at radius 1 is 1.63 bits per heavy atom. The van der Waals surface area contributed by atoms with Gasteiger partial charge in [-0.25, -0.2) is 4.98 Å². The van der Waals surface area contributed by atoms with Crippen molar-refractivity contribution in [2.45, 2.75) is 24.9 Å². The highest BCUT2D eigenvalue weighted by Gasteiger charge is 2.37. The van der Waals surface area contributed by atoms with Crippen LogP contribution in [0.15, 0.2) is 6.33 Å². The van der Waals surface area contributed by atoms with Crippen molar-refractivity contribution >= 4 is 11.7 Å². The summed E-state index contributed by atoms with van der Waals surface area (Å²) < 4.78 is 7.29. The van der Waals surface area contributed by atoms with Crippen LogP contribution in [0.1, 0.15) is 18.3 Å². The smallest absolute Gasteiger partial charge is 0.163 e. The van der Waals surface area contributed by atoms with Gasteiger partial charge in [-0.3, -0.25) is 9.98 Å². The largest absolute Gasteiger partial charge is 0.394 e. The Hall–Kier alpha value is -1.64. The van der Waals surface area contributed by atoms with Gasteiger partial charge in [0.2, 0.25) is 0 Å². The van der Waals surface area contributed by atoms with Gasteiger partial charge in [-0.1, -0.05) is 0 Å². The Labute approximate surface area is 110 Å². The molecular weight excluding hydrogens is 250 g/mol. The summed E-state index contributed by atoms with van der Waals surface area (Å²) in [5, 5.41) is 30.2. The van der Waals surface area contributed by atoms with Crippen molar-refractivity contribution in [3.05, 3.63) is 12.0 Å². The van der Waals surface area contributed by atoms with E-state index in [1.165, 1.54) is 0 Å². The highest BCUT2D eigenvalue weighted by molar-refractivity contribution is 6.00. The number of amidine groups is 1. The Kier molecular flexibility index (Phi) is 2.92. The Morgan fingerprint density at radius 3 is 3.11 bits per heavy atom. The molecule has 0 aliphatic carbocycles. The first-order valence-corrected chi connectivity index (χ1v) is 6.17. The summed E-state index contributed by atoms with van der Waals surface area (Å²) in [6.07, 6.45) is 0.330. The van der Waals surface area contributed by atoms with E-state index >= 15 is 0 Å². The third-order valence-corrected chi connectivity index (χ3v) is 3.53. The van der Waals surface area contributed by atoms with Gasteiger partial charge in [0.15, 0.2) is 12.1 Å².